The number of pyridine rings is 1. The summed E-state index contributed by atoms with van der Waals surface area (Å²) in [4.78, 5) is 21.1. The van der Waals surface area contributed by atoms with Crippen LogP contribution in [0.3, 0.4) is 0 Å². The van der Waals surface area contributed by atoms with Crippen LogP contribution < -0.4 is 19.3 Å². The molecule has 1 aromatic carbocycles. The summed E-state index contributed by atoms with van der Waals surface area (Å²) in [5, 5.41) is 9.41. The monoisotopic (exact) mass is 582 g/mol. The third-order valence-electron chi connectivity index (χ3n) is 7.87. The number of sulfonamides is 1. The number of amides is 1. The van der Waals surface area contributed by atoms with E-state index in [0.29, 0.717) is 44.1 Å². The topological polar surface area (TPSA) is 112 Å². The Labute approximate surface area is 231 Å². The number of hydrogen-bond acceptors (Lipinski definition) is 8. The Morgan fingerprint density at radius 3 is 2.38 bits per heavy atom. The molecule has 1 atom stereocenters. The molecule has 2 saturated heterocycles. The molecule has 40 heavy (non-hydrogen) atoms. The molecule has 13 heteroatoms. The zero-order valence-corrected chi connectivity index (χ0v) is 23.2. The fourth-order valence-electron chi connectivity index (χ4n) is 5.03. The maximum Gasteiger partial charge on any atom is 0.416 e. The largest absolute Gasteiger partial charge is 0.475 e. The van der Waals surface area contributed by atoms with Gasteiger partial charge in [-0.3, -0.25) is 4.79 Å². The second-order valence-corrected chi connectivity index (χ2v) is 13.2. The van der Waals surface area contributed by atoms with Gasteiger partial charge in [-0.05, 0) is 55.0 Å². The molecule has 2 N–H and O–H groups in total. The Morgan fingerprint density at radius 2 is 1.77 bits per heavy atom. The van der Waals surface area contributed by atoms with Crippen LogP contribution in [0.2, 0.25) is 0 Å². The number of rotatable bonds is 7. The first-order valence-electron chi connectivity index (χ1n) is 13.3. The highest BCUT2D eigenvalue weighted by molar-refractivity contribution is 7.90. The molecule has 2 aliphatic heterocycles. The number of aliphatic hydroxyl groups excluding tert-OH is 1. The summed E-state index contributed by atoms with van der Waals surface area (Å²) in [6.45, 7) is 6.31. The summed E-state index contributed by atoms with van der Waals surface area (Å²) >= 11 is 0. The number of aromatic nitrogens is 1. The normalized spacial score (nSPS) is 22.2. The van der Waals surface area contributed by atoms with Crippen molar-refractivity contribution in [2.24, 2.45) is 5.41 Å². The number of ether oxygens (including phenoxy) is 1. The van der Waals surface area contributed by atoms with Gasteiger partial charge in [-0.15, -0.1) is 0 Å². The van der Waals surface area contributed by atoms with Crippen LogP contribution in [-0.2, 0) is 21.0 Å². The van der Waals surface area contributed by atoms with E-state index in [1.165, 1.54) is 18.2 Å². The van der Waals surface area contributed by atoms with Crippen molar-refractivity contribution in [2.75, 3.05) is 36.0 Å². The molecule has 218 valence electrons. The van der Waals surface area contributed by atoms with Crippen LogP contribution in [0.15, 0.2) is 41.4 Å². The first kappa shape index (κ1) is 28.5. The third kappa shape index (κ3) is 5.99. The van der Waals surface area contributed by atoms with Crippen molar-refractivity contribution in [1.29, 1.82) is 0 Å². The number of hydrogen-bond donors (Lipinski definition) is 2. The molecule has 1 aromatic heterocycles. The summed E-state index contributed by atoms with van der Waals surface area (Å²) in [5.74, 6) is -0.714. The lowest BCUT2D eigenvalue weighted by atomic mass is 9.82. The van der Waals surface area contributed by atoms with Gasteiger partial charge in [0, 0.05) is 39.0 Å². The van der Waals surface area contributed by atoms with Crippen LogP contribution in [0.5, 0.6) is 5.75 Å². The van der Waals surface area contributed by atoms with Gasteiger partial charge in [0.05, 0.1) is 17.4 Å². The predicted molar refractivity (Wildman–Crippen MR) is 142 cm³/mol. The van der Waals surface area contributed by atoms with Gasteiger partial charge in [-0.25, -0.2) is 9.71 Å². The maximum atomic E-state index is 13.6. The molecule has 0 radical (unpaired) electrons. The zero-order valence-electron chi connectivity index (χ0n) is 22.4. The van der Waals surface area contributed by atoms with Crippen LogP contribution in [0.25, 0.3) is 0 Å². The molecule has 3 heterocycles. The number of nitrogens with one attached hydrogen (secondary N) is 1. The number of anilines is 2. The SMILES string of the molecule is CC1(C)CCN(c2ccc(C(F)(F)F)cc2OC2(C(=O)NS(=O)(=O)c3cccc(N4CC[C@H](O)C4)n3)CC2)CC1. The molecular weight excluding hydrogens is 549 g/mol. The van der Waals surface area contributed by atoms with E-state index in [9.17, 15) is 31.5 Å². The first-order valence-corrected chi connectivity index (χ1v) is 14.8. The molecule has 1 amide bonds. The van der Waals surface area contributed by atoms with Crippen molar-refractivity contribution >= 4 is 27.4 Å². The van der Waals surface area contributed by atoms with E-state index in [0.717, 1.165) is 25.0 Å². The van der Waals surface area contributed by atoms with E-state index >= 15 is 0 Å². The van der Waals surface area contributed by atoms with Gasteiger partial charge < -0.3 is 19.6 Å². The van der Waals surface area contributed by atoms with E-state index in [4.69, 9.17) is 4.74 Å². The van der Waals surface area contributed by atoms with Crippen molar-refractivity contribution < 1.29 is 36.2 Å². The van der Waals surface area contributed by atoms with E-state index in [1.54, 1.807) is 11.0 Å². The molecule has 0 unspecified atom stereocenters. The molecule has 2 aromatic rings. The van der Waals surface area contributed by atoms with Gasteiger partial charge in [-0.1, -0.05) is 19.9 Å². The van der Waals surface area contributed by atoms with Crippen molar-refractivity contribution in [2.45, 2.75) is 68.9 Å². The molecule has 0 spiro atoms. The van der Waals surface area contributed by atoms with Gasteiger partial charge in [-0.2, -0.15) is 21.6 Å². The number of halogens is 3. The molecule has 1 saturated carbocycles. The standard InChI is InChI=1S/C27H33F3N4O5S/c1-25(2)11-14-33(15-12-25)20-7-6-18(27(28,29)30)16-21(20)39-26(9-10-26)24(36)32-40(37,38)23-5-3-4-22(31-23)34-13-8-19(35)17-34/h3-7,16,19,35H,8-15,17H2,1-2H3,(H,32,36)/t19-/m0/s1. The minimum absolute atomic E-state index is 0.104. The lowest BCUT2D eigenvalue weighted by Crippen LogP contribution is -2.44. The third-order valence-corrected chi connectivity index (χ3v) is 9.10. The smallest absolute Gasteiger partial charge is 0.416 e. The molecule has 3 aliphatic rings. The summed E-state index contributed by atoms with van der Waals surface area (Å²) in [5.41, 5.74) is -1.99. The number of carbonyl (C=O) groups excluding carboxylic acids is 1. The highest BCUT2D eigenvalue weighted by Crippen LogP contribution is 2.46. The van der Waals surface area contributed by atoms with Crippen molar-refractivity contribution in [1.82, 2.24) is 9.71 Å². The van der Waals surface area contributed by atoms with Crippen molar-refractivity contribution in [3.05, 3.63) is 42.0 Å². The van der Waals surface area contributed by atoms with Crippen LogP contribution in [0.4, 0.5) is 24.7 Å². The molecule has 0 bridgehead atoms. The zero-order chi connectivity index (χ0) is 28.9. The van der Waals surface area contributed by atoms with E-state index < -0.39 is 39.4 Å². The van der Waals surface area contributed by atoms with E-state index in [2.05, 4.69) is 18.8 Å². The van der Waals surface area contributed by atoms with Gasteiger partial charge in [0.25, 0.3) is 15.9 Å². The molecule has 5 rings (SSSR count). The number of nitrogens with zero attached hydrogens (tertiary/aromatic N) is 3. The first-order chi connectivity index (χ1) is 18.7. The Hall–Kier alpha value is -3.06. The van der Waals surface area contributed by atoms with Crippen molar-refractivity contribution in [3.63, 3.8) is 0 Å². The number of piperidine rings is 1. The highest BCUT2D eigenvalue weighted by Gasteiger charge is 2.55. The average molecular weight is 583 g/mol. The molecule has 9 nitrogen and oxygen atoms in total. The van der Waals surface area contributed by atoms with E-state index in [-0.39, 0.29) is 29.0 Å². The lowest BCUT2D eigenvalue weighted by Gasteiger charge is -2.39. The number of alkyl halides is 3. The second-order valence-electron chi connectivity index (χ2n) is 11.6. The van der Waals surface area contributed by atoms with Crippen LogP contribution in [0, 0.1) is 5.41 Å². The minimum atomic E-state index is -4.62. The van der Waals surface area contributed by atoms with Gasteiger partial charge in [0.15, 0.2) is 10.6 Å². The number of β-amino-alcohol motifs (C(OH)–C–C–N with tert-alkyl or cyclic N) is 1. The Balaban J connectivity index is 1.37. The molecule has 3 fully saturated rings. The average Bonchev–Trinajstić information content (AvgIpc) is 3.54. The summed E-state index contributed by atoms with van der Waals surface area (Å²) in [6.07, 6.45) is -2.66. The molecule has 1 aliphatic carbocycles. The van der Waals surface area contributed by atoms with Gasteiger partial charge in [0.2, 0.25) is 0 Å². The summed E-state index contributed by atoms with van der Waals surface area (Å²) in [7, 11) is -4.41. The Kier molecular flexibility index (Phi) is 7.18. The quantitative estimate of drug-likeness (QED) is 0.508. The minimum Gasteiger partial charge on any atom is -0.475 e. The van der Waals surface area contributed by atoms with Crippen LogP contribution in [-0.4, -0.2) is 62.3 Å². The second kappa shape index (κ2) is 10.1. The fraction of sp³-hybridized carbons (Fsp3) is 0.556. The number of carbonyl (C=O) groups is 1. The number of aliphatic hydroxyl groups is 1. The van der Waals surface area contributed by atoms with Gasteiger partial charge in [0.1, 0.15) is 11.6 Å². The van der Waals surface area contributed by atoms with Gasteiger partial charge >= 0.3 is 6.18 Å². The Morgan fingerprint density at radius 1 is 1.07 bits per heavy atom. The van der Waals surface area contributed by atoms with Crippen LogP contribution in [0.1, 0.15) is 51.5 Å². The maximum absolute atomic E-state index is 13.6. The predicted octanol–water partition coefficient (Wildman–Crippen LogP) is 3.71. The molecular formula is C27H33F3N4O5S. The highest BCUT2D eigenvalue weighted by atomic mass is 32.2. The van der Waals surface area contributed by atoms with Crippen LogP contribution >= 0.6 is 0 Å². The Bertz CT molecular complexity index is 1380. The van der Waals surface area contributed by atoms with E-state index in [1.807, 2.05) is 9.62 Å². The fourth-order valence-corrected chi connectivity index (χ4v) is 6.04. The van der Waals surface area contributed by atoms with Crippen molar-refractivity contribution in [3.8, 4) is 5.75 Å². The summed E-state index contributed by atoms with van der Waals surface area (Å²) < 4.78 is 74.9. The lowest BCUT2D eigenvalue weighted by molar-refractivity contribution is -0.137. The summed E-state index contributed by atoms with van der Waals surface area (Å²) in [6, 6.07) is 7.57. The number of benzene rings is 1.